The monoisotopic (exact) mass is 233 g/mol. The molecular formula is C10H19NO3S. The lowest BCUT2D eigenvalue weighted by atomic mass is 10.0. The molecule has 2 fully saturated rings. The average molecular weight is 233 g/mol. The Morgan fingerprint density at radius 1 is 1.13 bits per heavy atom. The van der Waals surface area contributed by atoms with Gasteiger partial charge in [-0.2, -0.15) is 0 Å². The summed E-state index contributed by atoms with van der Waals surface area (Å²) in [7, 11) is -2.79. The Bertz CT molecular complexity index is 306. The zero-order valence-corrected chi connectivity index (χ0v) is 9.80. The number of hydrogen-bond donors (Lipinski definition) is 1. The second kappa shape index (κ2) is 4.03. The lowest BCUT2D eigenvalue weighted by Gasteiger charge is -2.33. The maximum atomic E-state index is 11.2. The maximum absolute atomic E-state index is 11.2. The molecule has 0 atom stereocenters. The quantitative estimate of drug-likeness (QED) is 0.730. The van der Waals surface area contributed by atoms with Gasteiger partial charge in [0.25, 0.3) is 0 Å². The van der Waals surface area contributed by atoms with Crippen molar-refractivity contribution in [2.75, 3.05) is 31.1 Å². The smallest absolute Gasteiger partial charge is 0.152 e. The molecule has 1 aliphatic carbocycles. The van der Waals surface area contributed by atoms with E-state index in [2.05, 4.69) is 4.90 Å². The molecule has 4 nitrogen and oxygen atoms in total. The zero-order valence-electron chi connectivity index (χ0n) is 8.98. The van der Waals surface area contributed by atoms with E-state index in [0.717, 1.165) is 25.7 Å². The average Bonchev–Trinajstić information content (AvgIpc) is 2.57. The third-order valence-corrected chi connectivity index (χ3v) is 5.10. The Labute approximate surface area is 91.2 Å². The number of aliphatic hydroxyl groups is 1. The van der Waals surface area contributed by atoms with E-state index in [1.807, 2.05) is 0 Å². The van der Waals surface area contributed by atoms with Crippen molar-refractivity contribution in [2.45, 2.75) is 31.3 Å². The van der Waals surface area contributed by atoms with E-state index in [4.69, 9.17) is 0 Å². The first kappa shape index (κ1) is 11.4. The van der Waals surface area contributed by atoms with Gasteiger partial charge in [0.05, 0.1) is 17.1 Å². The molecule has 2 rings (SSSR count). The molecule has 0 bridgehead atoms. The van der Waals surface area contributed by atoms with Crippen LogP contribution in [0, 0.1) is 0 Å². The summed E-state index contributed by atoms with van der Waals surface area (Å²) >= 11 is 0. The predicted octanol–water partition coefficient (Wildman–Crippen LogP) is 0.0219. The van der Waals surface area contributed by atoms with Gasteiger partial charge in [-0.3, -0.25) is 4.90 Å². The maximum Gasteiger partial charge on any atom is 0.152 e. The summed E-state index contributed by atoms with van der Waals surface area (Å²) < 4.78 is 22.4. The van der Waals surface area contributed by atoms with E-state index in [-0.39, 0.29) is 11.5 Å². The molecular weight excluding hydrogens is 214 g/mol. The fourth-order valence-corrected chi connectivity index (χ4v) is 3.79. The van der Waals surface area contributed by atoms with E-state index in [9.17, 15) is 13.5 Å². The van der Waals surface area contributed by atoms with Gasteiger partial charge < -0.3 is 5.11 Å². The van der Waals surface area contributed by atoms with E-state index >= 15 is 0 Å². The van der Waals surface area contributed by atoms with E-state index < -0.39 is 15.4 Å². The van der Waals surface area contributed by atoms with Gasteiger partial charge in [0.1, 0.15) is 0 Å². The van der Waals surface area contributed by atoms with Crippen molar-refractivity contribution in [1.82, 2.24) is 4.90 Å². The van der Waals surface area contributed by atoms with Crippen molar-refractivity contribution in [2.24, 2.45) is 0 Å². The summed E-state index contributed by atoms with van der Waals surface area (Å²) in [6.07, 6.45) is 3.94. The Morgan fingerprint density at radius 3 is 2.20 bits per heavy atom. The SMILES string of the molecule is O=S1(=O)CCN(CC2(O)CCCC2)CC1. The Balaban J connectivity index is 1.86. The van der Waals surface area contributed by atoms with Crippen molar-refractivity contribution >= 4 is 9.84 Å². The fraction of sp³-hybridized carbons (Fsp3) is 1.00. The van der Waals surface area contributed by atoms with Gasteiger partial charge >= 0.3 is 0 Å². The van der Waals surface area contributed by atoms with Crippen LogP contribution in [0.5, 0.6) is 0 Å². The van der Waals surface area contributed by atoms with E-state index in [1.165, 1.54) is 0 Å². The highest BCUT2D eigenvalue weighted by atomic mass is 32.2. The van der Waals surface area contributed by atoms with Crippen molar-refractivity contribution in [3.05, 3.63) is 0 Å². The molecule has 1 heterocycles. The van der Waals surface area contributed by atoms with Crippen molar-refractivity contribution in [3.8, 4) is 0 Å². The minimum Gasteiger partial charge on any atom is -0.389 e. The molecule has 15 heavy (non-hydrogen) atoms. The number of rotatable bonds is 2. The standard InChI is InChI=1S/C10H19NO3S/c12-10(3-1-2-4-10)9-11-5-7-15(13,14)8-6-11/h12H,1-9H2. The van der Waals surface area contributed by atoms with Crippen molar-refractivity contribution in [3.63, 3.8) is 0 Å². The molecule has 88 valence electrons. The van der Waals surface area contributed by atoms with Gasteiger partial charge in [0.15, 0.2) is 9.84 Å². The molecule has 0 radical (unpaired) electrons. The summed E-state index contributed by atoms with van der Waals surface area (Å²) in [6, 6.07) is 0. The first-order chi connectivity index (χ1) is 6.99. The minimum atomic E-state index is -2.79. The van der Waals surface area contributed by atoms with Crippen LogP contribution in [-0.2, 0) is 9.84 Å². The second-order valence-corrected chi connectivity index (χ2v) is 7.16. The highest BCUT2D eigenvalue weighted by molar-refractivity contribution is 7.91. The van der Waals surface area contributed by atoms with Crippen LogP contribution in [0.3, 0.4) is 0 Å². The van der Waals surface area contributed by atoms with Crippen molar-refractivity contribution < 1.29 is 13.5 Å². The predicted molar refractivity (Wildman–Crippen MR) is 58.5 cm³/mol. The largest absolute Gasteiger partial charge is 0.389 e. The Kier molecular flexibility index (Phi) is 3.05. The molecule has 0 aromatic carbocycles. The molecule has 0 amide bonds. The van der Waals surface area contributed by atoms with Crippen LogP contribution in [0.1, 0.15) is 25.7 Å². The Hall–Kier alpha value is -0.130. The topological polar surface area (TPSA) is 57.6 Å². The lowest BCUT2D eigenvalue weighted by Crippen LogP contribution is -2.47. The third kappa shape index (κ3) is 2.92. The fourth-order valence-electron chi connectivity index (χ4n) is 2.52. The second-order valence-electron chi connectivity index (χ2n) is 4.86. The van der Waals surface area contributed by atoms with Gasteiger partial charge in [-0.25, -0.2) is 8.42 Å². The van der Waals surface area contributed by atoms with Crippen LogP contribution in [0.2, 0.25) is 0 Å². The normalized spacial score (nSPS) is 30.5. The molecule has 1 N–H and O–H groups in total. The highest BCUT2D eigenvalue weighted by Gasteiger charge is 2.34. The Morgan fingerprint density at radius 2 is 1.67 bits per heavy atom. The first-order valence-corrected chi connectivity index (χ1v) is 7.47. The van der Waals surface area contributed by atoms with Crippen LogP contribution < -0.4 is 0 Å². The molecule has 0 unspecified atom stereocenters. The molecule has 1 aliphatic heterocycles. The summed E-state index contributed by atoms with van der Waals surface area (Å²) in [4.78, 5) is 2.09. The molecule has 0 spiro atoms. The van der Waals surface area contributed by atoms with E-state index in [1.54, 1.807) is 0 Å². The molecule has 5 heteroatoms. The van der Waals surface area contributed by atoms with Crippen LogP contribution >= 0.6 is 0 Å². The molecule has 2 aliphatic rings. The zero-order chi connectivity index (χ0) is 10.9. The van der Waals surface area contributed by atoms with Crippen LogP contribution in [0.4, 0.5) is 0 Å². The van der Waals surface area contributed by atoms with Gasteiger partial charge in [-0.05, 0) is 12.8 Å². The van der Waals surface area contributed by atoms with E-state index in [0.29, 0.717) is 19.6 Å². The molecule has 1 saturated heterocycles. The first-order valence-electron chi connectivity index (χ1n) is 5.64. The molecule has 1 saturated carbocycles. The van der Waals surface area contributed by atoms with Crippen LogP contribution in [0.15, 0.2) is 0 Å². The summed E-state index contributed by atoms with van der Waals surface area (Å²) in [5.41, 5.74) is -0.541. The van der Waals surface area contributed by atoms with Crippen LogP contribution in [-0.4, -0.2) is 55.2 Å². The highest BCUT2D eigenvalue weighted by Crippen LogP contribution is 2.30. The van der Waals surface area contributed by atoms with Gasteiger partial charge in [0, 0.05) is 19.6 Å². The lowest BCUT2D eigenvalue weighted by molar-refractivity contribution is 0.0117. The van der Waals surface area contributed by atoms with Gasteiger partial charge in [-0.1, -0.05) is 12.8 Å². The number of hydrogen-bond acceptors (Lipinski definition) is 4. The van der Waals surface area contributed by atoms with Gasteiger partial charge in [-0.15, -0.1) is 0 Å². The minimum absolute atomic E-state index is 0.253. The number of β-amino-alcohol motifs (C(OH)–C–C–N with tert-alkyl or cyclic N) is 1. The molecule has 0 aromatic heterocycles. The summed E-state index contributed by atoms with van der Waals surface area (Å²) in [6.45, 7) is 1.83. The summed E-state index contributed by atoms with van der Waals surface area (Å²) in [5.74, 6) is 0.506. The van der Waals surface area contributed by atoms with Gasteiger partial charge in [0.2, 0.25) is 0 Å². The number of sulfone groups is 1. The molecule has 0 aromatic rings. The third-order valence-electron chi connectivity index (χ3n) is 3.49. The van der Waals surface area contributed by atoms with Crippen molar-refractivity contribution in [1.29, 1.82) is 0 Å². The van der Waals surface area contributed by atoms with Crippen LogP contribution in [0.25, 0.3) is 0 Å². The summed E-state index contributed by atoms with van der Waals surface area (Å²) in [5, 5.41) is 10.2. The number of nitrogens with zero attached hydrogens (tertiary/aromatic N) is 1.